The third-order valence-corrected chi connectivity index (χ3v) is 2.71. The predicted octanol–water partition coefficient (Wildman–Crippen LogP) is 2.09. The highest BCUT2D eigenvalue weighted by atomic mass is 19.4. The molecule has 1 rings (SSSR count). The maximum atomic E-state index is 12.0. The molecule has 0 bridgehead atoms. The van der Waals surface area contributed by atoms with E-state index in [-0.39, 0.29) is 24.5 Å². The summed E-state index contributed by atoms with van der Waals surface area (Å²) >= 11 is 0. The molecule has 0 aliphatic rings. The van der Waals surface area contributed by atoms with Crippen molar-refractivity contribution in [1.29, 1.82) is 0 Å². The van der Waals surface area contributed by atoms with Crippen LogP contribution in [0.1, 0.15) is 6.92 Å². The van der Waals surface area contributed by atoms with Gasteiger partial charge in [-0.3, -0.25) is 14.9 Å². The fourth-order valence-electron chi connectivity index (χ4n) is 1.60. The molecule has 1 amide bonds. The summed E-state index contributed by atoms with van der Waals surface area (Å²) in [6.07, 6.45) is -5.75. The molecule has 0 saturated heterocycles. The largest absolute Gasteiger partial charge is 0.411 e. The second-order valence-electron chi connectivity index (χ2n) is 4.56. The van der Waals surface area contributed by atoms with Gasteiger partial charge in [-0.25, -0.2) is 0 Å². The van der Waals surface area contributed by atoms with Crippen molar-refractivity contribution >= 4 is 17.3 Å². The number of nitro benzene ring substituents is 1. The normalized spacial score (nSPS) is 12.5. The van der Waals surface area contributed by atoms with E-state index < -0.39 is 29.7 Å². The summed E-state index contributed by atoms with van der Waals surface area (Å²) < 4.78 is 40.3. The van der Waals surface area contributed by atoms with Crippen LogP contribution in [0.4, 0.5) is 24.5 Å². The van der Waals surface area contributed by atoms with Crippen molar-refractivity contribution in [3.05, 3.63) is 34.4 Å². The lowest BCUT2D eigenvalue weighted by Gasteiger charge is -2.15. The molecule has 0 unspecified atom stereocenters. The van der Waals surface area contributed by atoms with Gasteiger partial charge in [-0.05, 0) is 13.0 Å². The zero-order valence-electron chi connectivity index (χ0n) is 12.2. The zero-order valence-corrected chi connectivity index (χ0v) is 12.2. The van der Waals surface area contributed by atoms with Crippen molar-refractivity contribution in [3.8, 4) is 0 Å². The fourth-order valence-corrected chi connectivity index (χ4v) is 1.60. The Kier molecular flexibility index (Phi) is 6.76. The van der Waals surface area contributed by atoms with E-state index in [9.17, 15) is 28.1 Å². The molecule has 0 aliphatic carbocycles. The van der Waals surface area contributed by atoms with Gasteiger partial charge in [0.2, 0.25) is 5.91 Å². The minimum atomic E-state index is -4.50. The molecule has 0 aliphatic heterocycles. The third kappa shape index (κ3) is 6.96. The number of para-hydroxylation sites is 2. The van der Waals surface area contributed by atoms with Crippen LogP contribution in [0.25, 0.3) is 0 Å². The van der Waals surface area contributed by atoms with Crippen LogP contribution in [0.2, 0.25) is 0 Å². The van der Waals surface area contributed by atoms with Gasteiger partial charge in [0.05, 0.1) is 4.92 Å². The quantitative estimate of drug-likeness (QED) is 0.431. The second-order valence-corrected chi connectivity index (χ2v) is 4.56. The number of alkyl halides is 3. The van der Waals surface area contributed by atoms with Crippen molar-refractivity contribution in [1.82, 2.24) is 5.32 Å². The average molecular weight is 335 g/mol. The number of halogens is 3. The van der Waals surface area contributed by atoms with Crippen LogP contribution in [-0.2, 0) is 9.53 Å². The first-order chi connectivity index (χ1) is 10.7. The molecule has 10 heteroatoms. The fraction of sp³-hybridized carbons (Fsp3) is 0.462. The van der Waals surface area contributed by atoms with Crippen molar-refractivity contribution in [2.45, 2.75) is 19.2 Å². The van der Waals surface area contributed by atoms with Crippen LogP contribution in [0.15, 0.2) is 24.3 Å². The predicted molar refractivity (Wildman–Crippen MR) is 76.1 cm³/mol. The van der Waals surface area contributed by atoms with Crippen molar-refractivity contribution < 1.29 is 27.6 Å². The number of carbonyl (C=O) groups excluding carboxylic acids is 1. The molecule has 2 N–H and O–H groups in total. The summed E-state index contributed by atoms with van der Waals surface area (Å²) in [5, 5.41) is 15.9. The van der Waals surface area contributed by atoms with Gasteiger partial charge in [0.1, 0.15) is 18.4 Å². The molecule has 0 saturated carbocycles. The Hall–Kier alpha value is -2.36. The molecule has 0 aromatic heterocycles. The van der Waals surface area contributed by atoms with Crippen molar-refractivity contribution in [3.63, 3.8) is 0 Å². The van der Waals surface area contributed by atoms with E-state index in [0.29, 0.717) is 0 Å². The standard InChI is InChI=1S/C13H16F3N3O4/c1-9(23-8-13(14,15)16)12(20)18-7-6-17-10-4-2-3-5-11(10)19(21)22/h2-5,9,17H,6-8H2,1H3,(H,18,20)/t9-/m0/s1. The van der Waals surface area contributed by atoms with E-state index in [2.05, 4.69) is 15.4 Å². The smallest absolute Gasteiger partial charge is 0.378 e. The van der Waals surface area contributed by atoms with E-state index in [1.807, 2.05) is 0 Å². The number of nitro groups is 1. The summed E-state index contributed by atoms with van der Waals surface area (Å²) in [5.41, 5.74) is 0.175. The van der Waals surface area contributed by atoms with Crippen LogP contribution in [0.3, 0.4) is 0 Å². The average Bonchev–Trinajstić information content (AvgIpc) is 2.48. The Balaban J connectivity index is 2.35. The van der Waals surface area contributed by atoms with Gasteiger partial charge in [0.15, 0.2) is 0 Å². The summed E-state index contributed by atoms with van der Waals surface area (Å²) in [6.45, 7) is -0.0558. The lowest BCUT2D eigenvalue weighted by atomic mass is 10.2. The molecule has 1 aromatic rings. The molecular formula is C13H16F3N3O4. The molecule has 7 nitrogen and oxygen atoms in total. The maximum absolute atomic E-state index is 12.0. The number of rotatable bonds is 8. The number of ether oxygens (including phenoxy) is 1. The topological polar surface area (TPSA) is 93.5 Å². The lowest BCUT2D eigenvalue weighted by molar-refractivity contribution is -0.384. The summed E-state index contributed by atoms with van der Waals surface area (Å²) in [6, 6.07) is 5.97. The van der Waals surface area contributed by atoms with Gasteiger partial charge in [0.25, 0.3) is 5.69 Å². The van der Waals surface area contributed by atoms with E-state index in [1.165, 1.54) is 25.1 Å². The van der Waals surface area contributed by atoms with Crippen LogP contribution < -0.4 is 10.6 Å². The molecule has 0 spiro atoms. The first kappa shape index (κ1) is 18.7. The number of hydrogen-bond donors (Lipinski definition) is 2. The van der Waals surface area contributed by atoms with E-state index in [0.717, 1.165) is 0 Å². The van der Waals surface area contributed by atoms with Gasteiger partial charge in [-0.1, -0.05) is 12.1 Å². The minimum absolute atomic E-state index is 0.0740. The molecule has 23 heavy (non-hydrogen) atoms. The molecule has 0 fully saturated rings. The zero-order chi connectivity index (χ0) is 17.5. The van der Waals surface area contributed by atoms with Crippen LogP contribution >= 0.6 is 0 Å². The highest BCUT2D eigenvalue weighted by Crippen LogP contribution is 2.22. The Morgan fingerprint density at radius 3 is 2.61 bits per heavy atom. The Morgan fingerprint density at radius 2 is 2.00 bits per heavy atom. The summed E-state index contributed by atoms with van der Waals surface area (Å²) in [4.78, 5) is 21.8. The van der Waals surface area contributed by atoms with E-state index >= 15 is 0 Å². The Labute approximate surface area is 130 Å². The first-order valence-electron chi connectivity index (χ1n) is 6.64. The van der Waals surface area contributed by atoms with Gasteiger partial charge >= 0.3 is 6.18 Å². The number of benzene rings is 1. The van der Waals surface area contributed by atoms with Crippen LogP contribution in [-0.4, -0.2) is 42.8 Å². The molecule has 0 heterocycles. The minimum Gasteiger partial charge on any atom is -0.378 e. The number of carbonyl (C=O) groups is 1. The molecule has 1 atom stereocenters. The van der Waals surface area contributed by atoms with Crippen molar-refractivity contribution in [2.24, 2.45) is 0 Å². The lowest BCUT2D eigenvalue weighted by Crippen LogP contribution is -2.38. The number of anilines is 1. The monoisotopic (exact) mass is 335 g/mol. The number of nitrogens with one attached hydrogen (secondary N) is 2. The van der Waals surface area contributed by atoms with Gasteiger partial charge in [-0.15, -0.1) is 0 Å². The second kappa shape index (κ2) is 8.32. The highest BCUT2D eigenvalue weighted by molar-refractivity contribution is 5.80. The van der Waals surface area contributed by atoms with Gasteiger partial charge in [0, 0.05) is 19.2 Å². The molecular weight excluding hydrogens is 319 g/mol. The van der Waals surface area contributed by atoms with E-state index in [4.69, 9.17) is 0 Å². The highest BCUT2D eigenvalue weighted by Gasteiger charge is 2.29. The number of nitrogens with zero attached hydrogens (tertiary/aromatic N) is 1. The first-order valence-corrected chi connectivity index (χ1v) is 6.64. The molecule has 1 aromatic carbocycles. The number of hydrogen-bond acceptors (Lipinski definition) is 5. The van der Waals surface area contributed by atoms with E-state index in [1.54, 1.807) is 6.07 Å². The van der Waals surface area contributed by atoms with Gasteiger partial charge in [-0.2, -0.15) is 13.2 Å². The molecule has 128 valence electrons. The summed E-state index contributed by atoms with van der Waals surface area (Å²) in [7, 11) is 0. The van der Waals surface area contributed by atoms with Crippen LogP contribution in [0, 0.1) is 10.1 Å². The third-order valence-electron chi connectivity index (χ3n) is 2.71. The Bertz CT molecular complexity index is 552. The SMILES string of the molecule is C[C@H](OCC(F)(F)F)C(=O)NCCNc1ccccc1[N+](=O)[O-]. The van der Waals surface area contributed by atoms with Crippen molar-refractivity contribution in [2.75, 3.05) is 25.0 Å². The number of amides is 1. The maximum Gasteiger partial charge on any atom is 0.411 e. The van der Waals surface area contributed by atoms with Gasteiger partial charge < -0.3 is 15.4 Å². The van der Waals surface area contributed by atoms with Crippen LogP contribution in [0.5, 0.6) is 0 Å². The Morgan fingerprint density at radius 1 is 1.35 bits per heavy atom. The summed E-state index contributed by atoms with van der Waals surface area (Å²) in [5.74, 6) is -0.696. The molecule has 0 radical (unpaired) electrons.